The van der Waals surface area contributed by atoms with E-state index in [0.29, 0.717) is 16.3 Å². The molecule has 4 aromatic carbocycles. The highest BCUT2D eigenvalue weighted by Gasteiger charge is 2.36. The number of benzene rings is 4. The molecule has 2 amide bonds. The van der Waals surface area contributed by atoms with Gasteiger partial charge in [0.25, 0.3) is 10.0 Å². The van der Waals surface area contributed by atoms with Crippen LogP contribution in [0, 0.1) is 6.92 Å². The fourth-order valence-electron chi connectivity index (χ4n) is 6.07. The largest absolute Gasteiger partial charge is 0.497 e. The van der Waals surface area contributed by atoms with E-state index in [9.17, 15) is 18.0 Å². The van der Waals surface area contributed by atoms with Crippen molar-refractivity contribution in [1.29, 1.82) is 0 Å². The van der Waals surface area contributed by atoms with Crippen molar-refractivity contribution in [3.05, 3.63) is 119 Å². The Morgan fingerprint density at radius 2 is 1.57 bits per heavy atom. The van der Waals surface area contributed by atoms with Gasteiger partial charge in [0, 0.05) is 30.1 Å². The average molecular weight is 704 g/mol. The molecule has 1 saturated carbocycles. The van der Waals surface area contributed by atoms with Crippen LogP contribution in [-0.4, -0.2) is 58.0 Å². The molecule has 1 aliphatic rings. The van der Waals surface area contributed by atoms with Crippen LogP contribution in [0.4, 0.5) is 5.69 Å². The number of sulfonamides is 1. The number of nitrogens with one attached hydrogen (secondary N) is 1. The van der Waals surface area contributed by atoms with Gasteiger partial charge < -0.3 is 19.7 Å². The molecule has 0 saturated heterocycles. The van der Waals surface area contributed by atoms with Crippen molar-refractivity contribution >= 4 is 39.1 Å². The predicted octanol–water partition coefficient (Wildman–Crippen LogP) is 6.56. The maximum absolute atomic E-state index is 14.8. The van der Waals surface area contributed by atoms with Gasteiger partial charge in [-0.25, -0.2) is 8.42 Å². The molecule has 9 nitrogen and oxygen atoms in total. The molecule has 0 bridgehead atoms. The van der Waals surface area contributed by atoms with Crippen LogP contribution >= 0.6 is 11.6 Å². The van der Waals surface area contributed by atoms with E-state index in [1.54, 1.807) is 42.5 Å². The number of rotatable bonds is 14. The van der Waals surface area contributed by atoms with E-state index in [0.717, 1.165) is 41.1 Å². The molecule has 1 atom stereocenters. The third kappa shape index (κ3) is 8.74. The molecular formula is C38H42ClN3O6S. The van der Waals surface area contributed by atoms with Gasteiger partial charge in [0.2, 0.25) is 11.8 Å². The van der Waals surface area contributed by atoms with Gasteiger partial charge in [-0.1, -0.05) is 90.7 Å². The van der Waals surface area contributed by atoms with Crippen LogP contribution in [0.25, 0.3) is 0 Å². The number of carbonyl (C=O) groups excluding carboxylic acids is 2. The second-order valence-electron chi connectivity index (χ2n) is 12.2. The van der Waals surface area contributed by atoms with Gasteiger partial charge >= 0.3 is 0 Å². The molecule has 0 aromatic heterocycles. The Balaban J connectivity index is 1.62. The van der Waals surface area contributed by atoms with Crippen LogP contribution in [0.15, 0.2) is 102 Å². The smallest absolute Gasteiger partial charge is 0.264 e. The van der Waals surface area contributed by atoms with E-state index in [4.69, 9.17) is 21.1 Å². The lowest BCUT2D eigenvalue weighted by atomic mass is 10.0. The van der Waals surface area contributed by atoms with Crippen molar-refractivity contribution in [1.82, 2.24) is 10.2 Å². The van der Waals surface area contributed by atoms with Gasteiger partial charge in [0.05, 0.1) is 24.8 Å². The number of hydrogen-bond donors (Lipinski definition) is 1. The number of anilines is 1. The minimum atomic E-state index is -4.34. The zero-order valence-corrected chi connectivity index (χ0v) is 29.5. The first kappa shape index (κ1) is 35.8. The number of ether oxygens (including phenoxy) is 2. The fraction of sp³-hybridized carbons (Fsp3) is 0.316. The molecule has 0 aliphatic heterocycles. The molecule has 11 heteroatoms. The van der Waals surface area contributed by atoms with Gasteiger partial charge in [-0.15, -0.1) is 0 Å². The average Bonchev–Trinajstić information content (AvgIpc) is 3.62. The molecule has 258 valence electrons. The summed E-state index contributed by atoms with van der Waals surface area (Å²) in [6.07, 6.45) is 3.97. The topological polar surface area (TPSA) is 105 Å². The van der Waals surface area contributed by atoms with E-state index < -0.39 is 28.5 Å². The summed E-state index contributed by atoms with van der Waals surface area (Å²) in [5, 5.41) is 3.61. The quantitative estimate of drug-likeness (QED) is 0.160. The summed E-state index contributed by atoms with van der Waals surface area (Å²) in [6, 6.07) is 26.8. The maximum atomic E-state index is 14.8. The maximum Gasteiger partial charge on any atom is 0.264 e. The first-order valence-electron chi connectivity index (χ1n) is 16.3. The van der Waals surface area contributed by atoms with E-state index >= 15 is 0 Å². The lowest BCUT2D eigenvalue weighted by molar-refractivity contribution is -0.140. The van der Waals surface area contributed by atoms with Crippen LogP contribution in [0.5, 0.6) is 11.5 Å². The van der Waals surface area contributed by atoms with Crippen molar-refractivity contribution in [2.24, 2.45) is 0 Å². The Morgan fingerprint density at radius 1 is 0.898 bits per heavy atom. The summed E-state index contributed by atoms with van der Waals surface area (Å²) in [5.41, 5.74) is 2.47. The summed E-state index contributed by atoms with van der Waals surface area (Å²) in [6.45, 7) is 1.20. The third-order valence-electron chi connectivity index (χ3n) is 8.81. The van der Waals surface area contributed by atoms with E-state index in [1.165, 1.54) is 37.3 Å². The van der Waals surface area contributed by atoms with Crippen molar-refractivity contribution in [2.75, 3.05) is 25.1 Å². The fourth-order valence-corrected chi connectivity index (χ4v) is 7.69. The van der Waals surface area contributed by atoms with Gasteiger partial charge in [-0.2, -0.15) is 0 Å². The zero-order valence-electron chi connectivity index (χ0n) is 28.0. The molecule has 1 N–H and O–H groups in total. The van der Waals surface area contributed by atoms with Crippen molar-refractivity contribution < 1.29 is 27.5 Å². The van der Waals surface area contributed by atoms with Crippen LogP contribution in [0.3, 0.4) is 0 Å². The molecule has 0 heterocycles. The van der Waals surface area contributed by atoms with E-state index in [-0.39, 0.29) is 41.2 Å². The second-order valence-corrected chi connectivity index (χ2v) is 14.4. The second kappa shape index (κ2) is 16.2. The Bertz CT molecular complexity index is 1850. The number of hydrogen-bond acceptors (Lipinski definition) is 6. The van der Waals surface area contributed by atoms with Gasteiger partial charge in [-0.05, 0) is 61.2 Å². The normalized spacial score (nSPS) is 13.8. The van der Waals surface area contributed by atoms with Crippen molar-refractivity contribution in [3.63, 3.8) is 0 Å². The van der Waals surface area contributed by atoms with Crippen LogP contribution < -0.4 is 19.1 Å². The summed E-state index contributed by atoms with van der Waals surface area (Å²) in [7, 11) is -1.44. The summed E-state index contributed by atoms with van der Waals surface area (Å²) in [4.78, 5) is 30.5. The first-order chi connectivity index (χ1) is 23.6. The summed E-state index contributed by atoms with van der Waals surface area (Å²) in [5.74, 6) is -0.300. The summed E-state index contributed by atoms with van der Waals surface area (Å²) < 4.78 is 41.0. The van der Waals surface area contributed by atoms with Crippen LogP contribution in [0.2, 0.25) is 5.02 Å². The molecule has 0 radical (unpaired) electrons. The predicted molar refractivity (Wildman–Crippen MR) is 192 cm³/mol. The number of amides is 2. The molecular weight excluding hydrogens is 662 g/mol. The molecule has 1 aliphatic carbocycles. The summed E-state index contributed by atoms with van der Waals surface area (Å²) >= 11 is 6.62. The zero-order chi connectivity index (χ0) is 35.0. The Morgan fingerprint density at radius 3 is 2.22 bits per heavy atom. The lowest BCUT2D eigenvalue weighted by Crippen LogP contribution is -2.54. The highest BCUT2D eigenvalue weighted by Crippen LogP contribution is 2.36. The molecule has 0 spiro atoms. The Hall–Kier alpha value is -4.54. The van der Waals surface area contributed by atoms with Crippen molar-refractivity contribution in [2.45, 2.75) is 62.6 Å². The SMILES string of the molecule is COc1ccc(OC)c(N(CC(=O)N(Cc2ccccc2Cl)[C@H](Cc2ccccc2)C(=O)NC2CCCC2)S(=O)(=O)c2ccc(C)cc2)c1. The Labute approximate surface area is 293 Å². The monoisotopic (exact) mass is 703 g/mol. The number of methoxy groups -OCH3 is 2. The van der Waals surface area contributed by atoms with E-state index in [1.807, 2.05) is 43.3 Å². The minimum absolute atomic E-state index is 0.00231. The van der Waals surface area contributed by atoms with Crippen molar-refractivity contribution in [3.8, 4) is 11.5 Å². The number of aryl methyl sites for hydroxylation is 1. The Kier molecular flexibility index (Phi) is 11.9. The molecule has 49 heavy (non-hydrogen) atoms. The lowest BCUT2D eigenvalue weighted by Gasteiger charge is -2.34. The van der Waals surface area contributed by atoms with Gasteiger partial charge in [0.1, 0.15) is 24.1 Å². The van der Waals surface area contributed by atoms with Crippen LogP contribution in [-0.2, 0) is 32.6 Å². The van der Waals surface area contributed by atoms with Gasteiger partial charge in [0.15, 0.2) is 0 Å². The highest BCUT2D eigenvalue weighted by molar-refractivity contribution is 7.92. The molecule has 1 fully saturated rings. The number of halogens is 1. The van der Waals surface area contributed by atoms with Gasteiger partial charge in [-0.3, -0.25) is 13.9 Å². The van der Waals surface area contributed by atoms with E-state index in [2.05, 4.69) is 5.32 Å². The molecule has 4 aromatic rings. The molecule has 5 rings (SSSR count). The van der Waals surface area contributed by atoms with Crippen LogP contribution in [0.1, 0.15) is 42.4 Å². The third-order valence-corrected chi connectivity index (χ3v) is 11.0. The molecule has 0 unspecified atom stereocenters. The minimum Gasteiger partial charge on any atom is -0.497 e. The highest BCUT2D eigenvalue weighted by atomic mass is 35.5. The number of nitrogens with zero attached hydrogens (tertiary/aromatic N) is 2. The standard InChI is InChI=1S/C38H42ClN3O6S/c1-27-17-20-32(21-18-27)49(45,46)42(34-24-31(47-2)19-22-36(34)48-3)26-37(43)41(25-29-13-7-10-16-33(29)39)35(23-28-11-5-4-6-12-28)38(44)40-30-14-8-9-15-30/h4-7,10-13,16-22,24,30,35H,8-9,14-15,23,25-26H2,1-3H3,(H,40,44)/t35-/m1/s1. The first-order valence-corrected chi connectivity index (χ1v) is 18.1. The number of carbonyl (C=O) groups is 2.